The lowest BCUT2D eigenvalue weighted by atomic mass is 9.84. The molecule has 4 heterocycles. The highest BCUT2D eigenvalue weighted by Gasteiger charge is 2.54. The molecular formula is C30H34F2N4O9. The van der Waals surface area contributed by atoms with Gasteiger partial charge in [0.15, 0.2) is 11.3 Å². The van der Waals surface area contributed by atoms with Crippen molar-refractivity contribution in [2.75, 3.05) is 27.1 Å². The number of carbonyl (C=O) groups excluding carboxylic acids is 3. The molecule has 2 amide bonds. The fourth-order valence-electron chi connectivity index (χ4n) is 5.95. The van der Waals surface area contributed by atoms with Gasteiger partial charge in [-0.3, -0.25) is 14.4 Å². The summed E-state index contributed by atoms with van der Waals surface area (Å²) in [6, 6.07) is 2.09. The van der Waals surface area contributed by atoms with Crippen LogP contribution in [0.4, 0.5) is 13.6 Å². The lowest BCUT2D eigenvalue weighted by Gasteiger charge is -2.42. The van der Waals surface area contributed by atoms with E-state index < -0.39 is 70.9 Å². The maximum atomic E-state index is 14.2. The SMILES string of the molecule is COC[C@@H](C)OC(=O)OCOc1c2n(cc(C(=O)NCc3ccc(F)cc3F)c1=O)[C@@H]1CN(C2=O)[C@@H](C)CC[C@]12CC(C)=NO2. The van der Waals surface area contributed by atoms with Crippen molar-refractivity contribution in [3.63, 3.8) is 0 Å². The zero-order chi connectivity index (χ0) is 32.5. The number of hydrogen-bond donors (Lipinski definition) is 1. The summed E-state index contributed by atoms with van der Waals surface area (Å²) in [5.41, 5.74) is -1.67. The number of nitrogens with zero attached hydrogens (tertiary/aromatic N) is 3. The standard InChI is InChI=1S/C30H34F2N4O9/c1-16-10-30(45-34-16)8-7-17(2)35-13-23(30)36-12-21(27(38)33-11-19-5-6-20(31)9-22(19)32)25(37)26(24(36)28(35)39)42-15-43-29(40)44-18(3)14-41-4/h5-6,9,12,17-18,23H,7-8,10-11,13-15H2,1-4H3,(H,33,38)/t17-,18+,23+,30-/m0/s1. The van der Waals surface area contributed by atoms with Crippen LogP contribution in [0, 0.1) is 11.6 Å². The van der Waals surface area contributed by atoms with Gasteiger partial charge >= 0.3 is 6.16 Å². The number of fused-ring (bicyclic) bond motifs is 5. The van der Waals surface area contributed by atoms with Crippen LogP contribution in [0.1, 0.15) is 72.5 Å². The minimum absolute atomic E-state index is 0.0107. The van der Waals surface area contributed by atoms with Gasteiger partial charge in [-0.1, -0.05) is 11.2 Å². The molecule has 13 nitrogen and oxygen atoms in total. The second kappa shape index (κ2) is 12.8. The summed E-state index contributed by atoms with van der Waals surface area (Å²) in [4.78, 5) is 60.9. The van der Waals surface area contributed by atoms with Crippen LogP contribution < -0.4 is 15.5 Å². The zero-order valence-electron chi connectivity index (χ0n) is 25.3. The molecule has 45 heavy (non-hydrogen) atoms. The summed E-state index contributed by atoms with van der Waals surface area (Å²) in [6.07, 6.45) is 1.10. The third kappa shape index (κ3) is 6.34. The Kier molecular flexibility index (Phi) is 9.09. The first-order valence-corrected chi connectivity index (χ1v) is 14.4. The Labute approximate surface area is 257 Å². The van der Waals surface area contributed by atoms with Crippen molar-refractivity contribution < 1.29 is 46.9 Å². The van der Waals surface area contributed by atoms with E-state index in [1.54, 1.807) is 11.8 Å². The largest absolute Gasteiger partial charge is 0.511 e. The van der Waals surface area contributed by atoms with E-state index in [-0.39, 0.29) is 37.0 Å². The maximum Gasteiger partial charge on any atom is 0.511 e. The fraction of sp³-hybridized carbons (Fsp3) is 0.500. The number of nitrogens with one attached hydrogen (secondary N) is 1. The number of pyridine rings is 1. The van der Waals surface area contributed by atoms with Gasteiger partial charge in [-0.2, -0.15) is 0 Å². The molecule has 3 aliphatic heterocycles. The molecule has 242 valence electrons. The quantitative estimate of drug-likeness (QED) is 0.325. The number of oxime groups is 1. The van der Waals surface area contributed by atoms with Crippen LogP contribution in [0.15, 0.2) is 34.3 Å². The van der Waals surface area contributed by atoms with Crippen molar-refractivity contribution in [1.29, 1.82) is 0 Å². The Hall–Kier alpha value is -4.53. The van der Waals surface area contributed by atoms with Crippen LogP contribution in [0.5, 0.6) is 5.75 Å². The monoisotopic (exact) mass is 632 g/mol. The highest BCUT2D eigenvalue weighted by Crippen LogP contribution is 2.46. The summed E-state index contributed by atoms with van der Waals surface area (Å²) >= 11 is 0. The van der Waals surface area contributed by atoms with E-state index in [1.165, 1.54) is 23.9 Å². The van der Waals surface area contributed by atoms with E-state index in [0.717, 1.165) is 11.8 Å². The third-order valence-corrected chi connectivity index (χ3v) is 8.20. The number of aromatic nitrogens is 1. The average Bonchev–Trinajstić information content (AvgIpc) is 3.32. The maximum absolute atomic E-state index is 14.2. The molecule has 1 fully saturated rings. The molecular weight excluding hydrogens is 598 g/mol. The molecule has 2 bridgehead atoms. The van der Waals surface area contributed by atoms with Gasteiger partial charge < -0.3 is 38.6 Å². The molecule has 0 unspecified atom stereocenters. The van der Waals surface area contributed by atoms with Crippen LogP contribution in [-0.4, -0.2) is 77.9 Å². The van der Waals surface area contributed by atoms with Crippen LogP contribution in [0.25, 0.3) is 0 Å². The second-order valence-electron chi connectivity index (χ2n) is 11.4. The lowest BCUT2D eigenvalue weighted by molar-refractivity contribution is -0.0658. The molecule has 0 saturated carbocycles. The molecule has 1 N–H and O–H groups in total. The molecule has 3 aliphatic rings. The minimum Gasteiger partial charge on any atom is -0.451 e. The Morgan fingerprint density at radius 2 is 2.04 bits per heavy atom. The highest BCUT2D eigenvalue weighted by atomic mass is 19.1. The van der Waals surface area contributed by atoms with Gasteiger partial charge in [-0.15, -0.1) is 0 Å². The number of ether oxygens (including phenoxy) is 4. The molecule has 5 rings (SSSR count). The van der Waals surface area contributed by atoms with Crippen molar-refractivity contribution in [1.82, 2.24) is 14.8 Å². The second-order valence-corrected chi connectivity index (χ2v) is 11.4. The van der Waals surface area contributed by atoms with Gasteiger partial charge in [0.2, 0.25) is 18.0 Å². The highest BCUT2D eigenvalue weighted by molar-refractivity contribution is 5.99. The Balaban J connectivity index is 1.53. The van der Waals surface area contributed by atoms with Crippen LogP contribution in [0.3, 0.4) is 0 Å². The van der Waals surface area contributed by atoms with E-state index in [4.69, 9.17) is 23.8 Å². The molecule has 4 atom stereocenters. The molecule has 1 aromatic heterocycles. The molecule has 1 spiro atoms. The van der Waals surface area contributed by atoms with E-state index >= 15 is 0 Å². The molecule has 0 radical (unpaired) electrons. The van der Waals surface area contributed by atoms with Gasteiger partial charge in [-0.25, -0.2) is 13.6 Å². The number of methoxy groups -OCH3 is 1. The summed E-state index contributed by atoms with van der Waals surface area (Å²) in [6.45, 7) is 4.45. The van der Waals surface area contributed by atoms with E-state index in [0.29, 0.717) is 25.3 Å². The van der Waals surface area contributed by atoms with Crippen molar-refractivity contribution >= 4 is 23.7 Å². The first kappa shape index (κ1) is 31.9. The van der Waals surface area contributed by atoms with Gasteiger partial charge in [-0.05, 0) is 39.7 Å². The Morgan fingerprint density at radius 3 is 2.73 bits per heavy atom. The van der Waals surface area contributed by atoms with Gasteiger partial charge in [0.05, 0.1) is 18.4 Å². The number of carbonyl (C=O) groups is 3. The summed E-state index contributed by atoms with van der Waals surface area (Å²) in [5, 5.41) is 6.66. The number of hydrogen-bond acceptors (Lipinski definition) is 10. The topological polar surface area (TPSA) is 147 Å². The van der Waals surface area contributed by atoms with Gasteiger partial charge in [0.1, 0.15) is 23.3 Å². The number of benzene rings is 1. The lowest BCUT2D eigenvalue weighted by Crippen LogP contribution is -2.52. The van der Waals surface area contributed by atoms with Crippen molar-refractivity contribution in [2.24, 2.45) is 5.16 Å². The van der Waals surface area contributed by atoms with E-state index in [9.17, 15) is 28.0 Å². The summed E-state index contributed by atoms with van der Waals surface area (Å²) in [7, 11) is 1.43. The molecule has 2 aromatic rings. The average molecular weight is 633 g/mol. The van der Waals surface area contributed by atoms with Gasteiger partial charge in [0.25, 0.3) is 11.8 Å². The Bertz CT molecular complexity index is 1600. The van der Waals surface area contributed by atoms with Crippen LogP contribution in [0.2, 0.25) is 0 Å². The third-order valence-electron chi connectivity index (χ3n) is 8.20. The smallest absolute Gasteiger partial charge is 0.451 e. The fourth-order valence-corrected chi connectivity index (χ4v) is 5.95. The predicted molar refractivity (Wildman–Crippen MR) is 153 cm³/mol. The molecule has 0 aliphatic carbocycles. The number of amides is 2. The number of rotatable bonds is 9. The predicted octanol–water partition coefficient (Wildman–Crippen LogP) is 3.30. The zero-order valence-corrected chi connectivity index (χ0v) is 25.3. The summed E-state index contributed by atoms with van der Waals surface area (Å²) < 4.78 is 49.7. The first-order valence-electron chi connectivity index (χ1n) is 14.4. The van der Waals surface area contributed by atoms with Crippen molar-refractivity contribution in [3.05, 3.63) is 63.1 Å². The molecule has 1 saturated heterocycles. The normalized spacial score (nSPS) is 22.6. The minimum atomic E-state index is -1.10. The van der Waals surface area contributed by atoms with Crippen LogP contribution in [-0.2, 0) is 25.6 Å². The summed E-state index contributed by atoms with van der Waals surface area (Å²) in [5.74, 6) is -3.60. The van der Waals surface area contributed by atoms with Crippen molar-refractivity contribution in [3.8, 4) is 5.75 Å². The molecule has 15 heteroatoms. The van der Waals surface area contributed by atoms with E-state index in [1.807, 2.05) is 13.8 Å². The Morgan fingerprint density at radius 1 is 1.27 bits per heavy atom. The van der Waals surface area contributed by atoms with Crippen molar-refractivity contribution in [2.45, 2.75) is 70.4 Å². The first-order chi connectivity index (χ1) is 21.4. The number of halogens is 2. The van der Waals surface area contributed by atoms with E-state index in [2.05, 4.69) is 10.5 Å². The van der Waals surface area contributed by atoms with Gasteiger partial charge in [0, 0.05) is 50.5 Å². The van der Waals surface area contributed by atoms with Crippen LogP contribution >= 0.6 is 0 Å². The molecule has 1 aromatic carbocycles.